The van der Waals surface area contributed by atoms with Crippen LogP contribution in [0.1, 0.15) is 59.3 Å². The number of unbranched alkanes of at least 4 members (excludes halogenated alkanes) is 1. The van der Waals surface area contributed by atoms with Gasteiger partial charge in [-0.25, -0.2) is 0 Å². The number of likely N-dealkylation sites (N-methyl/N-ethyl adjacent to an activating group) is 1. The van der Waals surface area contributed by atoms with E-state index in [1.165, 1.54) is 19.3 Å². The molecule has 1 fully saturated rings. The number of rotatable bonds is 11. The first-order valence-electron chi connectivity index (χ1n) is 10.4. The minimum Gasteiger partial charge on any atom is -0.357 e. The summed E-state index contributed by atoms with van der Waals surface area (Å²) in [6.07, 6.45) is 6.83. The van der Waals surface area contributed by atoms with E-state index in [0.29, 0.717) is 0 Å². The summed E-state index contributed by atoms with van der Waals surface area (Å²) in [5.74, 6) is 1.94. The number of aliphatic imine (C=N–C) groups is 1. The van der Waals surface area contributed by atoms with E-state index in [9.17, 15) is 4.79 Å². The molecule has 0 aromatic rings. The molecule has 0 saturated carbocycles. The summed E-state index contributed by atoms with van der Waals surface area (Å²) in [5.41, 5.74) is 0. The predicted molar refractivity (Wildman–Crippen MR) is 111 cm³/mol. The van der Waals surface area contributed by atoms with E-state index in [2.05, 4.69) is 41.3 Å². The summed E-state index contributed by atoms with van der Waals surface area (Å²) in [4.78, 5) is 21.0. The molecule has 0 aromatic carbocycles. The zero-order chi connectivity index (χ0) is 19.4. The van der Waals surface area contributed by atoms with Gasteiger partial charge < -0.3 is 15.5 Å². The topological polar surface area (TPSA) is 60.0 Å². The van der Waals surface area contributed by atoms with E-state index in [0.717, 1.165) is 63.9 Å². The molecule has 1 saturated heterocycles. The largest absolute Gasteiger partial charge is 0.357 e. The van der Waals surface area contributed by atoms with Crippen molar-refractivity contribution in [3.8, 4) is 0 Å². The highest BCUT2D eigenvalue weighted by Gasteiger charge is 2.30. The van der Waals surface area contributed by atoms with E-state index in [-0.39, 0.29) is 11.9 Å². The lowest BCUT2D eigenvalue weighted by Crippen LogP contribution is -2.43. The van der Waals surface area contributed by atoms with Crippen molar-refractivity contribution in [3.63, 3.8) is 0 Å². The van der Waals surface area contributed by atoms with Gasteiger partial charge in [0.15, 0.2) is 5.96 Å². The van der Waals surface area contributed by atoms with Gasteiger partial charge in [-0.3, -0.25) is 14.7 Å². The average molecular weight is 368 g/mol. The quantitative estimate of drug-likeness (QED) is 0.334. The zero-order valence-electron chi connectivity index (χ0n) is 17.7. The molecule has 0 bridgehead atoms. The van der Waals surface area contributed by atoms with Crippen LogP contribution in [-0.2, 0) is 4.79 Å². The number of carbonyl (C=O) groups excluding carboxylic acids is 1. The van der Waals surface area contributed by atoms with Crippen LogP contribution < -0.4 is 10.6 Å². The fourth-order valence-corrected chi connectivity index (χ4v) is 3.36. The van der Waals surface area contributed by atoms with E-state index in [1.54, 1.807) is 4.90 Å². The van der Waals surface area contributed by atoms with Gasteiger partial charge in [0.1, 0.15) is 0 Å². The van der Waals surface area contributed by atoms with Crippen LogP contribution in [-0.4, -0.2) is 74.5 Å². The Balaban J connectivity index is 2.30. The Morgan fingerprint density at radius 1 is 1.23 bits per heavy atom. The minimum atomic E-state index is 0.0706. The molecule has 1 atom stereocenters. The molecule has 152 valence electrons. The third kappa shape index (κ3) is 8.88. The van der Waals surface area contributed by atoms with Gasteiger partial charge in [0, 0.05) is 40.3 Å². The van der Waals surface area contributed by atoms with Gasteiger partial charge in [-0.1, -0.05) is 26.7 Å². The zero-order valence-corrected chi connectivity index (χ0v) is 17.7. The summed E-state index contributed by atoms with van der Waals surface area (Å²) in [5, 5.41) is 6.75. The second-order valence-electron chi connectivity index (χ2n) is 7.86. The third-order valence-electron chi connectivity index (χ3n) is 4.81. The number of nitrogens with zero attached hydrogens (tertiary/aromatic N) is 3. The maximum Gasteiger partial charge on any atom is 0.239 e. The molecule has 26 heavy (non-hydrogen) atoms. The first-order chi connectivity index (χ1) is 12.5. The van der Waals surface area contributed by atoms with Crippen LogP contribution >= 0.6 is 0 Å². The van der Waals surface area contributed by atoms with Gasteiger partial charge >= 0.3 is 0 Å². The van der Waals surface area contributed by atoms with Crippen molar-refractivity contribution in [3.05, 3.63) is 0 Å². The molecule has 1 aliphatic heterocycles. The molecule has 0 aromatic heterocycles. The van der Waals surface area contributed by atoms with Crippen molar-refractivity contribution < 1.29 is 4.79 Å². The van der Waals surface area contributed by atoms with Crippen molar-refractivity contribution in [2.24, 2.45) is 10.9 Å². The summed E-state index contributed by atoms with van der Waals surface area (Å²) >= 11 is 0. The van der Waals surface area contributed by atoms with Gasteiger partial charge in [0.05, 0.1) is 6.04 Å². The Kier molecular flexibility index (Phi) is 11.3. The molecule has 2 N–H and O–H groups in total. The van der Waals surface area contributed by atoms with Gasteiger partial charge in [-0.15, -0.1) is 0 Å². The van der Waals surface area contributed by atoms with Crippen molar-refractivity contribution >= 4 is 11.9 Å². The number of hydrogen-bond donors (Lipinski definition) is 2. The summed E-state index contributed by atoms with van der Waals surface area (Å²) < 4.78 is 0. The first-order valence-corrected chi connectivity index (χ1v) is 10.4. The second kappa shape index (κ2) is 13.0. The third-order valence-corrected chi connectivity index (χ3v) is 4.81. The highest BCUT2D eigenvalue weighted by molar-refractivity contribution is 5.81. The number of guanidine groups is 1. The fraction of sp³-hybridized carbons (Fsp3) is 0.900. The molecule has 1 amide bonds. The smallest absolute Gasteiger partial charge is 0.239 e. The standard InChI is InChI=1S/C20H41N5O/c1-6-21-20(22-13-8-7-11-17(2)3)23-14-10-16-25-15-9-12-18(25)19(26)24(4)5/h17-18H,6-16H2,1-5H3,(H2,21,22,23). The van der Waals surface area contributed by atoms with E-state index in [1.807, 2.05) is 14.1 Å². The molecule has 1 heterocycles. The fourth-order valence-electron chi connectivity index (χ4n) is 3.36. The monoisotopic (exact) mass is 367 g/mol. The van der Waals surface area contributed by atoms with E-state index < -0.39 is 0 Å². The van der Waals surface area contributed by atoms with Crippen LogP contribution in [0.25, 0.3) is 0 Å². The molecule has 1 aliphatic rings. The SMILES string of the molecule is CCNC(=NCCCN1CCCC1C(=O)N(C)C)NCCCCC(C)C. The van der Waals surface area contributed by atoms with Crippen molar-refractivity contribution in [1.82, 2.24) is 20.4 Å². The number of nitrogens with one attached hydrogen (secondary N) is 2. The summed E-state index contributed by atoms with van der Waals surface area (Å²) in [6.45, 7) is 11.3. The van der Waals surface area contributed by atoms with Gasteiger partial charge in [0.2, 0.25) is 5.91 Å². The van der Waals surface area contributed by atoms with E-state index in [4.69, 9.17) is 0 Å². The van der Waals surface area contributed by atoms with Crippen LogP contribution in [0.15, 0.2) is 4.99 Å². The molecular weight excluding hydrogens is 326 g/mol. The van der Waals surface area contributed by atoms with Crippen LogP contribution in [0.5, 0.6) is 0 Å². The van der Waals surface area contributed by atoms with Crippen molar-refractivity contribution in [1.29, 1.82) is 0 Å². The Bertz CT molecular complexity index is 422. The first kappa shape index (κ1) is 22.7. The number of amides is 1. The molecule has 1 unspecified atom stereocenters. The van der Waals surface area contributed by atoms with Gasteiger partial charge in [-0.2, -0.15) is 0 Å². The van der Waals surface area contributed by atoms with Crippen molar-refractivity contribution in [2.45, 2.75) is 65.3 Å². The molecule has 6 nitrogen and oxygen atoms in total. The molecule has 0 aliphatic carbocycles. The molecule has 0 spiro atoms. The summed E-state index contributed by atoms with van der Waals surface area (Å²) in [7, 11) is 3.69. The average Bonchev–Trinajstić information content (AvgIpc) is 3.05. The predicted octanol–water partition coefficient (Wildman–Crippen LogP) is 2.31. The lowest BCUT2D eigenvalue weighted by atomic mass is 10.1. The Morgan fingerprint density at radius 3 is 2.65 bits per heavy atom. The molecular formula is C20H41N5O. The van der Waals surface area contributed by atoms with Crippen LogP contribution in [0.4, 0.5) is 0 Å². The maximum absolute atomic E-state index is 12.2. The highest BCUT2D eigenvalue weighted by Crippen LogP contribution is 2.18. The van der Waals surface area contributed by atoms with Crippen LogP contribution in [0, 0.1) is 5.92 Å². The highest BCUT2D eigenvalue weighted by atomic mass is 16.2. The lowest BCUT2D eigenvalue weighted by molar-refractivity contribution is -0.133. The molecule has 0 radical (unpaired) electrons. The minimum absolute atomic E-state index is 0.0706. The Morgan fingerprint density at radius 2 is 2.00 bits per heavy atom. The summed E-state index contributed by atoms with van der Waals surface area (Å²) in [6, 6.07) is 0.0706. The maximum atomic E-state index is 12.2. The normalized spacial score (nSPS) is 18.4. The Hall–Kier alpha value is -1.30. The lowest BCUT2D eigenvalue weighted by Gasteiger charge is -2.25. The molecule has 6 heteroatoms. The number of likely N-dealkylation sites (tertiary alicyclic amines) is 1. The van der Waals surface area contributed by atoms with Crippen molar-refractivity contribution in [2.75, 3.05) is 46.8 Å². The Labute approximate surface area is 160 Å². The molecule has 1 rings (SSSR count). The number of hydrogen-bond acceptors (Lipinski definition) is 3. The van der Waals surface area contributed by atoms with Gasteiger partial charge in [0.25, 0.3) is 0 Å². The van der Waals surface area contributed by atoms with E-state index >= 15 is 0 Å². The van der Waals surface area contributed by atoms with Crippen LogP contribution in [0.2, 0.25) is 0 Å². The van der Waals surface area contributed by atoms with Gasteiger partial charge in [-0.05, 0) is 45.1 Å². The second-order valence-corrected chi connectivity index (χ2v) is 7.86. The van der Waals surface area contributed by atoms with Crippen LogP contribution in [0.3, 0.4) is 0 Å². The number of carbonyl (C=O) groups is 1.